The van der Waals surface area contributed by atoms with E-state index in [1.807, 2.05) is 0 Å². The SMILES string of the molecule is Fc1nc(F)c2cccc(NCCc3ccc(Oc4cc(C(F)(F)F)ccn4)cc3F)c2n1. The van der Waals surface area contributed by atoms with Crippen molar-refractivity contribution in [2.24, 2.45) is 0 Å². The number of benzene rings is 2. The summed E-state index contributed by atoms with van der Waals surface area (Å²) < 4.78 is 85.3. The molecule has 33 heavy (non-hydrogen) atoms. The van der Waals surface area contributed by atoms with Crippen LogP contribution >= 0.6 is 0 Å². The van der Waals surface area contributed by atoms with E-state index in [0.717, 1.165) is 24.4 Å². The standard InChI is InChI=1S/C22H14F6N4O/c23-16-11-14(33-18-10-13(7-9-30-18)22(26,27)28)5-4-12(16)6-8-29-17-3-1-2-15-19(17)31-21(25)32-20(15)24/h1-5,7,9-11,29H,6,8H2. The monoisotopic (exact) mass is 464 g/mol. The van der Waals surface area contributed by atoms with Gasteiger partial charge >= 0.3 is 12.3 Å². The van der Waals surface area contributed by atoms with Gasteiger partial charge in [-0.3, -0.25) is 0 Å². The Labute approximate surface area is 183 Å². The number of halogens is 6. The molecule has 0 saturated carbocycles. The fourth-order valence-corrected chi connectivity index (χ4v) is 3.12. The Morgan fingerprint density at radius 2 is 1.76 bits per heavy atom. The lowest BCUT2D eigenvalue weighted by atomic mass is 10.1. The summed E-state index contributed by atoms with van der Waals surface area (Å²) in [6.07, 6.45) is -4.62. The molecule has 0 saturated heterocycles. The Morgan fingerprint density at radius 1 is 0.939 bits per heavy atom. The van der Waals surface area contributed by atoms with Crippen molar-refractivity contribution >= 4 is 16.6 Å². The Morgan fingerprint density at radius 3 is 2.52 bits per heavy atom. The lowest BCUT2D eigenvalue weighted by molar-refractivity contribution is -0.137. The van der Waals surface area contributed by atoms with Gasteiger partial charge in [0, 0.05) is 24.9 Å². The van der Waals surface area contributed by atoms with Crippen LogP contribution in [-0.2, 0) is 12.6 Å². The minimum Gasteiger partial charge on any atom is -0.439 e. The van der Waals surface area contributed by atoms with Crippen molar-refractivity contribution in [2.75, 3.05) is 11.9 Å². The number of hydrogen-bond acceptors (Lipinski definition) is 5. The second kappa shape index (κ2) is 8.93. The summed E-state index contributed by atoms with van der Waals surface area (Å²) in [5, 5.41) is 2.99. The van der Waals surface area contributed by atoms with Gasteiger partial charge in [-0.05, 0) is 36.2 Å². The van der Waals surface area contributed by atoms with E-state index in [2.05, 4.69) is 20.3 Å². The highest BCUT2D eigenvalue weighted by Crippen LogP contribution is 2.32. The van der Waals surface area contributed by atoms with Crippen LogP contribution in [0, 0.1) is 17.8 Å². The predicted molar refractivity (Wildman–Crippen MR) is 107 cm³/mol. The van der Waals surface area contributed by atoms with Crippen LogP contribution in [0.3, 0.4) is 0 Å². The number of rotatable bonds is 6. The zero-order valence-electron chi connectivity index (χ0n) is 16.6. The zero-order valence-corrected chi connectivity index (χ0v) is 16.6. The van der Waals surface area contributed by atoms with Gasteiger partial charge in [-0.1, -0.05) is 12.1 Å². The fourth-order valence-electron chi connectivity index (χ4n) is 3.12. The number of fused-ring (bicyclic) bond motifs is 1. The number of pyridine rings is 1. The van der Waals surface area contributed by atoms with Gasteiger partial charge < -0.3 is 10.1 Å². The molecule has 4 aromatic rings. The normalized spacial score (nSPS) is 11.6. The molecule has 2 aromatic heterocycles. The average molecular weight is 464 g/mol. The zero-order chi connectivity index (χ0) is 23.6. The number of nitrogens with one attached hydrogen (secondary N) is 1. The highest BCUT2D eigenvalue weighted by Gasteiger charge is 2.31. The molecule has 0 amide bonds. The first-order chi connectivity index (χ1) is 15.7. The summed E-state index contributed by atoms with van der Waals surface area (Å²) in [5.41, 5.74) is -0.239. The van der Waals surface area contributed by atoms with Gasteiger partial charge in [0.25, 0.3) is 0 Å². The van der Waals surface area contributed by atoms with Crippen LogP contribution < -0.4 is 10.1 Å². The Hall–Kier alpha value is -3.89. The molecular weight excluding hydrogens is 450 g/mol. The first-order valence-electron chi connectivity index (χ1n) is 9.56. The van der Waals surface area contributed by atoms with Crippen molar-refractivity contribution in [3.05, 3.63) is 83.7 Å². The van der Waals surface area contributed by atoms with Crippen molar-refractivity contribution in [3.63, 3.8) is 0 Å². The molecule has 4 rings (SSSR count). The molecule has 5 nitrogen and oxygen atoms in total. The molecule has 1 N–H and O–H groups in total. The van der Waals surface area contributed by atoms with Crippen molar-refractivity contribution in [1.29, 1.82) is 0 Å². The molecular formula is C22H14F6N4O. The molecule has 0 fully saturated rings. The largest absolute Gasteiger partial charge is 0.439 e. The maximum atomic E-state index is 14.5. The van der Waals surface area contributed by atoms with E-state index in [0.29, 0.717) is 11.3 Å². The summed E-state index contributed by atoms with van der Waals surface area (Å²) in [4.78, 5) is 10.4. The molecule has 0 unspecified atom stereocenters. The van der Waals surface area contributed by atoms with E-state index in [4.69, 9.17) is 4.74 Å². The molecule has 170 valence electrons. The molecule has 2 heterocycles. The maximum Gasteiger partial charge on any atom is 0.416 e. The van der Waals surface area contributed by atoms with Crippen LogP contribution in [0.5, 0.6) is 11.6 Å². The van der Waals surface area contributed by atoms with Crippen molar-refractivity contribution < 1.29 is 31.1 Å². The molecule has 2 aromatic carbocycles. The molecule has 0 aliphatic carbocycles. The summed E-state index contributed by atoms with van der Waals surface area (Å²) >= 11 is 0. The van der Waals surface area contributed by atoms with Gasteiger partial charge in [-0.25, -0.2) is 9.37 Å². The number of hydrogen-bond donors (Lipinski definition) is 1. The van der Waals surface area contributed by atoms with E-state index in [-0.39, 0.29) is 35.5 Å². The van der Waals surface area contributed by atoms with E-state index in [1.54, 1.807) is 12.1 Å². The van der Waals surface area contributed by atoms with Crippen LogP contribution in [0.25, 0.3) is 10.9 Å². The summed E-state index contributed by atoms with van der Waals surface area (Å²) in [5.74, 6) is -1.97. The molecule has 0 spiro atoms. The average Bonchev–Trinajstić information content (AvgIpc) is 2.75. The number of anilines is 1. The second-order valence-corrected chi connectivity index (χ2v) is 6.90. The third-order valence-electron chi connectivity index (χ3n) is 4.67. The molecule has 11 heteroatoms. The Kier molecular flexibility index (Phi) is 6.03. The van der Waals surface area contributed by atoms with Crippen LogP contribution in [0.15, 0.2) is 54.7 Å². The number of alkyl halides is 3. The minimum absolute atomic E-state index is 0.0206. The quantitative estimate of drug-likeness (QED) is 0.219. The van der Waals surface area contributed by atoms with Crippen molar-refractivity contribution in [2.45, 2.75) is 12.6 Å². The van der Waals surface area contributed by atoms with E-state index in [1.165, 1.54) is 18.2 Å². The first kappa shape index (κ1) is 22.3. The summed E-state index contributed by atoms with van der Waals surface area (Å²) in [6, 6.07) is 9.90. The predicted octanol–water partition coefficient (Wildman–Crippen LogP) is 5.91. The molecule has 0 bridgehead atoms. The molecule has 0 atom stereocenters. The van der Waals surface area contributed by atoms with Crippen molar-refractivity contribution in [3.8, 4) is 11.6 Å². The Balaban J connectivity index is 1.43. The summed E-state index contributed by atoms with van der Waals surface area (Å²) in [6.45, 7) is 0.207. The fraction of sp³-hybridized carbons (Fsp3) is 0.136. The van der Waals surface area contributed by atoms with E-state index >= 15 is 0 Å². The van der Waals surface area contributed by atoms with E-state index in [9.17, 15) is 26.3 Å². The second-order valence-electron chi connectivity index (χ2n) is 6.90. The lowest BCUT2D eigenvalue weighted by Gasteiger charge is -2.11. The van der Waals surface area contributed by atoms with Crippen LogP contribution in [0.1, 0.15) is 11.1 Å². The molecule has 0 aliphatic heterocycles. The van der Waals surface area contributed by atoms with Gasteiger partial charge in [0.1, 0.15) is 17.1 Å². The van der Waals surface area contributed by atoms with Gasteiger partial charge in [-0.15, -0.1) is 0 Å². The minimum atomic E-state index is -4.56. The van der Waals surface area contributed by atoms with Gasteiger partial charge in [0.2, 0.25) is 11.8 Å². The van der Waals surface area contributed by atoms with Gasteiger partial charge in [0.15, 0.2) is 0 Å². The third-order valence-corrected chi connectivity index (χ3v) is 4.67. The third kappa shape index (κ3) is 5.13. The summed E-state index contributed by atoms with van der Waals surface area (Å²) in [7, 11) is 0. The highest BCUT2D eigenvalue weighted by atomic mass is 19.4. The Bertz CT molecular complexity index is 1310. The van der Waals surface area contributed by atoms with Crippen LogP contribution in [0.2, 0.25) is 0 Å². The van der Waals surface area contributed by atoms with Crippen LogP contribution in [0.4, 0.5) is 32.0 Å². The van der Waals surface area contributed by atoms with Gasteiger partial charge in [0.05, 0.1) is 16.6 Å². The number of aromatic nitrogens is 3. The van der Waals surface area contributed by atoms with Crippen molar-refractivity contribution in [1.82, 2.24) is 15.0 Å². The number of nitrogens with zero attached hydrogens (tertiary/aromatic N) is 3. The smallest absolute Gasteiger partial charge is 0.416 e. The van der Waals surface area contributed by atoms with Gasteiger partial charge in [-0.2, -0.15) is 31.9 Å². The number of ether oxygens (including phenoxy) is 1. The van der Waals surface area contributed by atoms with E-state index < -0.39 is 29.6 Å². The maximum absolute atomic E-state index is 14.5. The highest BCUT2D eigenvalue weighted by molar-refractivity contribution is 5.90. The molecule has 0 aliphatic rings. The molecule has 0 radical (unpaired) electrons. The first-order valence-corrected chi connectivity index (χ1v) is 9.56. The number of para-hydroxylation sites is 1. The van der Waals surface area contributed by atoms with Crippen LogP contribution in [-0.4, -0.2) is 21.5 Å². The lowest BCUT2D eigenvalue weighted by Crippen LogP contribution is -2.08. The topological polar surface area (TPSA) is 59.9 Å².